The van der Waals surface area contributed by atoms with E-state index in [4.69, 9.17) is 27.6 Å². The van der Waals surface area contributed by atoms with Crippen molar-refractivity contribution in [2.24, 2.45) is 0 Å². The fourth-order valence-corrected chi connectivity index (χ4v) is 4.91. The predicted octanol–water partition coefficient (Wildman–Crippen LogP) is 8.18. The van der Waals surface area contributed by atoms with Crippen molar-refractivity contribution in [1.82, 2.24) is 4.98 Å². The molecule has 7 heteroatoms. The lowest BCUT2D eigenvalue weighted by Crippen LogP contribution is -2.09. The summed E-state index contributed by atoms with van der Waals surface area (Å²) in [6.45, 7) is 0. The standard InChI is InChI=1S/C26H16Cl2N2O2S/c27-17-14-19(26-29-21-8-4-5-9-23(21)33-26)25(20(28)15-17)30-24(31)13-11-18-10-12-22(32-18)16-6-2-1-3-7-16/h1-15H,(H,30,31)/b13-11+. The number of halogens is 2. The molecule has 0 unspecified atom stereocenters. The van der Waals surface area contributed by atoms with Gasteiger partial charge in [0.15, 0.2) is 0 Å². The van der Waals surface area contributed by atoms with Gasteiger partial charge in [0.25, 0.3) is 0 Å². The lowest BCUT2D eigenvalue weighted by atomic mass is 10.1. The first-order chi connectivity index (χ1) is 16.1. The first-order valence-corrected chi connectivity index (χ1v) is 11.6. The Labute approximate surface area is 204 Å². The zero-order valence-corrected chi connectivity index (χ0v) is 19.4. The number of nitrogens with zero attached hydrogens (tertiary/aromatic N) is 1. The van der Waals surface area contributed by atoms with Crippen LogP contribution in [0.3, 0.4) is 0 Å². The minimum absolute atomic E-state index is 0.336. The molecule has 5 aromatic rings. The van der Waals surface area contributed by atoms with E-state index in [1.165, 1.54) is 17.4 Å². The lowest BCUT2D eigenvalue weighted by Gasteiger charge is -2.11. The van der Waals surface area contributed by atoms with Crippen LogP contribution in [0.4, 0.5) is 5.69 Å². The van der Waals surface area contributed by atoms with Crippen LogP contribution in [0, 0.1) is 0 Å². The highest BCUT2D eigenvalue weighted by atomic mass is 35.5. The Morgan fingerprint density at radius 1 is 0.970 bits per heavy atom. The molecular weight excluding hydrogens is 475 g/mol. The van der Waals surface area contributed by atoms with E-state index in [9.17, 15) is 4.79 Å². The highest BCUT2D eigenvalue weighted by Gasteiger charge is 2.16. The van der Waals surface area contributed by atoms with Crippen molar-refractivity contribution >= 4 is 62.4 Å². The van der Waals surface area contributed by atoms with E-state index in [0.717, 1.165) is 26.5 Å². The van der Waals surface area contributed by atoms with Gasteiger partial charge in [0.05, 0.1) is 20.9 Å². The third-order valence-corrected chi connectivity index (χ3v) is 6.50. The van der Waals surface area contributed by atoms with Crippen molar-refractivity contribution in [3.63, 3.8) is 0 Å². The Kier molecular flexibility index (Phi) is 6.01. The number of rotatable bonds is 5. The second kappa shape index (κ2) is 9.24. The fraction of sp³-hybridized carbons (Fsp3) is 0. The van der Waals surface area contributed by atoms with Gasteiger partial charge in [-0.3, -0.25) is 4.79 Å². The van der Waals surface area contributed by atoms with E-state index in [2.05, 4.69) is 10.3 Å². The number of thiazole rings is 1. The molecule has 0 saturated heterocycles. The maximum Gasteiger partial charge on any atom is 0.248 e. The summed E-state index contributed by atoms with van der Waals surface area (Å²) in [5.74, 6) is 0.950. The number of carbonyl (C=O) groups is 1. The fourth-order valence-electron chi connectivity index (χ4n) is 3.38. The molecule has 33 heavy (non-hydrogen) atoms. The average Bonchev–Trinajstić information content (AvgIpc) is 3.47. The Balaban J connectivity index is 1.40. The second-order valence-corrected chi connectivity index (χ2v) is 9.06. The van der Waals surface area contributed by atoms with E-state index >= 15 is 0 Å². The summed E-state index contributed by atoms with van der Waals surface area (Å²) >= 11 is 14.2. The number of hydrogen-bond acceptors (Lipinski definition) is 4. The van der Waals surface area contributed by atoms with Crippen LogP contribution in [0.2, 0.25) is 10.0 Å². The van der Waals surface area contributed by atoms with Crippen molar-refractivity contribution in [3.8, 4) is 21.9 Å². The number of aromatic nitrogens is 1. The quantitative estimate of drug-likeness (QED) is 0.252. The third-order valence-electron chi connectivity index (χ3n) is 4.91. The van der Waals surface area contributed by atoms with Gasteiger partial charge < -0.3 is 9.73 Å². The predicted molar refractivity (Wildman–Crippen MR) is 137 cm³/mol. The number of fused-ring (bicyclic) bond motifs is 1. The van der Waals surface area contributed by atoms with Crippen molar-refractivity contribution in [1.29, 1.82) is 0 Å². The molecule has 5 rings (SSSR count). The van der Waals surface area contributed by atoms with E-state index in [-0.39, 0.29) is 5.91 Å². The van der Waals surface area contributed by atoms with E-state index in [0.29, 0.717) is 27.1 Å². The number of benzene rings is 3. The highest BCUT2D eigenvalue weighted by Crippen LogP contribution is 2.40. The molecule has 0 bridgehead atoms. The first kappa shape index (κ1) is 21.5. The number of hydrogen-bond donors (Lipinski definition) is 1. The maximum atomic E-state index is 12.7. The molecule has 2 heterocycles. The van der Waals surface area contributed by atoms with Crippen LogP contribution in [0.1, 0.15) is 5.76 Å². The van der Waals surface area contributed by atoms with E-state index in [1.807, 2.05) is 66.7 Å². The molecule has 0 aliphatic rings. The summed E-state index contributed by atoms with van der Waals surface area (Å²) in [6.07, 6.45) is 3.02. The smallest absolute Gasteiger partial charge is 0.248 e. The average molecular weight is 491 g/mol. The molecule has 0 radical (unpaired) electrons. The molecule has 3 aromatic carbocycles. The molecule has 0 spiro atoms. The van der Waals surface area contributed by atoms with Crippen molar-refractivity contribution < 1.29 is 9.21 Å². The lowest BCUT2D eigenvalue weighted by molar-refractivity contribution is -0.111. The molecule has 2 aromatic heterocycles. The molecule has 0 aliphatic carbocycles. The van der Waals surface area contributed by atoms with Gasteiger partial charge in [-0.2, -0.15) is 0 Å². The van der Waals surface area contributed by atoms with Crippen molar-refractivity contribution in [3.05, 3.63) is 101 Å². The highest BCUT2D eigenvalue weighted by molar-refractivity contribution is 7.21. The van der Waals surface area contributed by atoms with Gasteiger partial charge in [-0.1, -0.05) is 65.7 Å². The summed E-state index contributed by atoms with van der Waals surface area (Å²) < 4.78 is 6.85. The van der Waals surface area contributed by atoms with Crippen molar-refractivity contribution in [2.75, 3.05) is 5.32 Å². The largest absolute Gasteiger partial charge is 0.457 e. The molecule has 0 atom stereocenters. The van der Waals surface area contributed by atoms with Crippen LogP contribution in [-0.4, -0.2) is 10.9 Å². The van der Waals surface area contributed by atoms with Gasteiger partial charge in [0.2, 0.25) is 5.91 Å². The molecule has 0 saturated carbocycles. The summed E-state index contributed by atoms with van der Waals surface area (Å²) in [5.41, 5.74) is 2.96. The maximum absolute atomic E-state index is 12.7. The summed E-state index contributed by atoms with van der Waals surface area (Å²) in [6, 6.07) is 24.6. The van der Waals surface area contributed by atoms with Gasteiger partial charge in [0, 0.05) is 22.2 Å². The molecule has 162 valence electrons. The molecule has 1 N–H and O–H groups in total. The topological polar surface area (TPSA) is 55.1 Å². The zero-order valence-electron chi connectivity index (χ0n) is 17.1. The minimum atomic E-state index is -0.348. The Bertz CT molecular complexity index is 1460. The Hall–Kier alpha value is -3.38. The Morgan fingerprint density at radius 2 is 1.76 bits per heavy atom. The molecule has 0 fully saturated rings. The number of nitrogens with one attached hydrogen (secondary N) is 1. The van der Waals surface area contributed by atoms with E-state index in [1.54, 1.807) is 18.2 Å². The van der Waals surface area contributed by atoms with Crippen LogP contribution in [0.5, 0.6) is 0 Å². The number of para-hydroxylation sites is 1. The van der Waals surface area contributed by atoms with Gasteiger partial charge in [-0.05, 0) is 42.5 Å². The van der Waals surface area contributed by atoms with Crippen LogP contribution in [0.25, 0.3) is 38.2 Å². The molecular formula is C26H16Cl2N2O2S. The van der Waals surface area contributed by atoms with Crippen LogP contribution in [-0.2, 0) is 4.79 Å². The third kappa shape index (κ3) is 4.71. The monoisotopic (exact) mass is 490 g/mol. The number of anilines is 1. The van der Waals surface area contributed by atoms with Crippen LogP contribution >= 0.6 is 34.5 Å². The van der Waals surface area contributed by atoms with Crippen molar-refractivity contribution in [2.45, 2.75) is 0 Å². The minimum Gasteiger partial charge on any atom is -0.457 e. The molecule has 0 aliphatic heterocycles. The second-order valence-electron chi connectivity index (χ2n) is 7.19. The molecule has 4 nitrogen and oxygen atoms in total. The SMILES string of the molecule is O=C(/C=C/c1ccc(-c2ccccc2)o1)Nc1c(Cl)cc(Cl)cc1-c1nc2ccccc2s1. The van der Waals surface area contributed by atoms with E-state index < -0.39 is 0 Å². The van der Waals surface area contributed by atoms with Gasteiger partial charge in [0.1, 0.15) is 16.5 Å². The molecule has 1 amide bonds. The summed E-state index contributed by atoms with van der Waals surface area (Å²) in [4.78, 5) is 17.4. The summed E-state index contributed by atoms with van der Waals surface area (Å²) in [5, 5.41) is 4.39. The normalized spacial score (nSPS) is 11.3. The Morgan fingerprint density at radius 3 is 2.58 bits per heavy atom. The van der Waals surface area contributed by atoms with Gasteiger partial charge in [-0.25, -0.2) is 4.98 Å². The number of amides is 1. The van der Waals surface area contributed by atoms with Gasteiger partial charge >= 0.3 is 0 Å². The number of furan rings is 1. The number of carbonyl (C=O) groups excluding carboxylic acids is 1. The zero-order chi connectivity index (χ0) is 22.8. The van der Waals surface area contributed by atoms with Crippen LogP contribution < -0.4 is 5.32 Å². The first-order valence-electron chi connectivity index (χ1n) is 10.1. The summed E-state index contributed by atoms with van der Waals surface area (Å²) in [7, 11) is 0. The van der Waals surface area contributed by atoms with Crippen LogP contribution in [0.15, 0.2) is 89.4 Å². The van der Waals surface area contributed by atoms with Gasteiger partial charge in [-0.15, -0.1) is 11.3 Å².